The number of carbonyl (C=O) groups is 1. The lowest BCUT2D eigenvalue weighted by Gasteiger charge is -2.25. The van der Waals surface area contributed by atoms with Crippen LogP contribution in [0.4, 0.5) is 0 Å². The van der Waals surface area contributed by atoms with Crippen molar-refractivity contribution in [3.05, 3.63) is 12.2 Å². The van der Waals surface area contributed by atoms with Gasteiger partial charge in [-0.05, 0) is 49.5 Å². The van der Waals surface area contributed by atoms with Crippen LogP contribution in [0.5, 0.6) is 0 Å². The molecular formula is C19H32O4S. The molecule has 2 saturated heterocycles. The van der Waals surface area contributed by atoms with E-state index in [4.69, 9.17) is 9.84 Å². The Balaban J connectivity index is 1.73. The topological polar surface area (TPSA) is 66.8 Å². The maximum atomic E-state index is 10.5. The zero-order chi connectivity index (χ0) is 17.4. The van der Waals surface area contributed by atoms with Gasteiger partial charge >= 0.3 is 5.97 Å². The first-order valence-corrected chi connectivity index (χ1v) is 10.6. The van der Waals surface area contributed by atoms with Gasteiger partial charge in [0.25, 0.3) is 0 Å². The Bertz CT molecular complexity index is 412. The van der Waals surface area contributed by atoms with Crippen molar-refractivity contribution in [2.75, 3.05) is 11.5 Å². The first-order chi connectivity index (χ1) is 11.6. The number of aliphatic hydroxyl groups is 1. The SMILES string of the molecule is CCCCC(O)C=C[C@@H]1[C@H](CCSCCCC(=O)O)[C@@H]2CC[C@H]1O2. The second-order valence-electron chi connectivity index (χ2n) is 7.02. The minimum atomic E-state index is -0.705. The van der Waals surface area contributed by atoms with Gasteiger partial charge in [0.1, 0.15) is 0 Å². The molecule has 0 aliphatic carbocycles. The number of thioether (sulfide) groups is 1. The van der Waals surface area contributed by atoms with Crippen molar-refractivity contribution in [1.82, 2.24) is 0 Å². The summed E-state index contributed by atoms with van der Waals surface area (Å²) < 4.78 is 6.10. The van der Waals surface area contributed by atoms with Crippen molar-refractivity contribution in [3.63, 3.8) is 0 Å². The van der Waals surface area contributed by atoms with E-state index in [1.165, 1.54) is 6.42 Å². The standard InChI is InChI=1S/C19H32O4S/c1-2-3-5-14(20)7-8-15-16(18-10-9-17(15)23-18)11-13-24-12-4-6-19(21)22/h7-8,14-18,20H,2-6,9-13H2,1H3,(H,21,22)/t14?,15-,16+,17-,18+/m1/s1. The number of unbranched alkanes of at least 4 members (excludes halogenated alkanes) is 1. The summed E-state index contributed by atoms with van der Waals surface area (Å²) in [5, 5.41) is 18.7. The van der Waals surface area contributed by atoms with E-state index in [-0.39, 0.29) is 12.5 Å². The highest BCUT2D eigenvalue weighted by atomic mass is 32.2. The molecule has 0 radical (unpaired) electrons. The predicted octanol–water partition coefficient (Wildman–Crippen LogP) is 3.88. The monoisotopic (exact) mass is 356 g/mol. The van der Waals surface area contributed by atoms with Crippen LogP contribution in [0, 0.1) is 11.8 Å². The van der Waals surface area contributed by atoms with Crippen molar-refractivity contribution in [2.24, 2.45) is 11.8 Å². The van der Waals surface area contributed by atoms with Gasteiger partial charge in [0.05, 0.1) is 18.3 Å². The second-order valence-corrected chi connectivity index (χ2v) is 8.25. The first-order valence-electron chi connectivity index (χ1n) is 9.43. The van der Waals surface area contributed by atoms with E-state index in [1.54, 1.807) is 0 Å². The van der Waals surface area contributed by atoms with Crippen molar-refractivity contribution in [2.45, 2.75) is 76.6 Å². The van der Waals surface area contributed by atoms with Crippen LogP contribution in [0.2, 0.25) is 0 Å². The summed E-state index contributed by atoms with van der Waals surface area (Å²) in [6, 6.07) is 0. The number of rotatable bonds is 12. The van der Waals surface area contributed by atoms with E-state index < -0.39 is 5.97 Å². The maximum absolute atomic E-state index is 10.5. The van der Waals surface area contributed by atoms with Crippen LogP contribution in [0.15, 0.2) is 12.2 Å². The number of hydrogen-bond donors (Lipinski definition) is 2. The summed E-state index contributed by atoms with van der Waals surface area (Å²) in [6.07, 6.45) is 12.1. The Morgan fingerprint density at radius 3 is 2.83 bits per heavy atom. The Labute approximate surface area is 150 Å². The molecule has 0 saturated carbocycles. The first kappa shape index (κ1) is 19.8. The third-order valence-corrected chi connectivity index (χ3v) is 6.27. The van der Waals surface area contributed by atoms with Crippen molar-refractivity contribution in [1.29, 1.82) is 0 Å². The van der Waals surface area contributed by atoms with Gasteiger partial charge in [-0.2, -0.15) is 11.8 Å². The van der Waals surface area contributed by atoms with Gasteiger partial charge in [0.2, 0.25) is 0 Å². The molecule has 0 aromatic carbocycles. The fourth-order valence-electron chi connectivity index (χ4n) is 3.87. The number of carboxylic acid groups (broad SMARTS) is 1. The minimum Gasteiger partial charge on any atom is -0.481 e. The van der Waals surface area contributed by atoms with E-state index >= 15 is 0 Å². The Kier molecular flexibility index (Phi) is 8.63. The number of aliphatic hydroxyl groups excluding tert-OH is 1. The van der Waals surface area contributed by atoms with Gasteiger partial charge in [-0.15, -0.1) is 0 Å². The molecule has 0 amide bonds. The second kappa shape index (κ2) is 10.5. The molecule has 0 spiro atoms. The Morgan fingerprint density at radius 1 is 1.29 bits per heavy atom. The van der Waals surface area contributed by atoms with Crippen molar-refractivity contribution < 1.29 is 19.7 Å². The van der Waals surface area contributed by atoms with Gasteiger partial charge in [0.15, 0.2) is 0 Å². The average molecular weight is 357 g/mol. The summed E-state index contributed by atoms with van der Waals surface area (Å²) >= 11 is 1.85. The summed E-state index contributed by atoms with van der Waals surface area (Å²) in [6.45, 7) is 2.14. The Hall–Kier alpha value is -0.520. The average Bonchev–Trinajstić information content (AvgIpc) is 3.15. The quantitative estimate of drug-likeness (QED) is 0.410. The minimum absolute atomic E-state index is 0.269. The lowest BCUT2D eigenvalue weighted by atomic mass is 9.77. The van der Waals surface area contributed by atoms with Gasteiger partial charge in [-0.25, -0.2) is 0 Å². The van der Waals surface area contributed by atoms with E-state index in [0.717, 1.165) is 50.0 Å². The van der Waals surface area contributed by atoms with Crippen LogP contribution in [0.25, 0.3) is 0 Å². The van der Waals surface area contributed by atoms with Crippen LogP contribution >= 0.6 is 11.8 Å². The maximum Gasteiger partial charge on any atom is 0.303 e. The molecule has 138 valence electrons. The van der Waals surface area contributed by atoms with Gasteiger partial charge in [0, 0.05) is 12.3 Å². The van der Waals surface area contributed by atoms with Gasteiger partial charge in [-0.1, -0.05) is 31.9 Å². The molecule has 2 rings (SSSR count). The number of carboxylic acids is 1. The molecule has 1 unspecified atom stereocenters. The zero-order valence-corrected chi connectivity index (χ0v) is 15.5. The smallest absolute Gasteiger partial charge is 0.303 e. The highest BCUT2D eigenvalue weighted by molar-refractivity contribution is 7.99. The largest absolute Gasteiger partial charge is 0.481 e. The van der Waals surface area contributed by atoms with Crippen molar-refractivity contribution >= 4 is 17.7 Å². The Morgan fingerprint density at radius 2 is 2.08 bits per heavy atom. The molecular weight excluding hydrogens is 324 g/mol. The molecule has 4 nitrogen and oxygen atoms in total. The lowest BCUT2D eigenvalue weighted by Crippen LogP contribution is -2.26. The normalized spacial score (nSPS) is 30.2. The highest BCUT2D eigenvalue weighted by Gasteiger charge is 2.47. The van der Waals surface area contributed by atoms with Crippen LogP contribution in [0.3, 0.4) is 0 Å². The predicted molar refractivity (Wildman–Crippen MR) is 98.4 cm³/mol. The summed E-state index contributed by atoms with van der Waals surface area (Å²) in [5.74, 6) is 2.29. The molecule has 2 N–H and O–H groups in total. The molecule has 2 aliphatic heterocycles. The summed E-state index contributed by atoms with van der Waals surface area (Å²) in [5.41, 5.74) is 0. The zero-order valence-electron chi connectivity index (χ0n) is 14.7. The summed E-state index contributed by atoms with van der Waals surface area (Å²) in [7, 11) is 0. The number of fused-ring (bicyclic) bond motifs is 2. The van der Waals surface area contributed by atoms with Crippen LogP contribution in [-0.4, -0.2) is 46.0 Å². The molecule has 0 aromatic rings. The number of hydrogen-bond acceptors (Lipinski definition) is 4. The van der Waals surface area contributed by atoms with Gasteiger partial charge < -0.3 is 14.9 Å². The van der Waals surface area contributed by atoms with Crippen molar-refractivity contribution in [3.8, 4) is 0 Å². The van der Waals surface area contributed by atoms with Gasteiger partial charge in [-0.3, -0.25) is 4.79 Å². The highest BCUT2D eigenvalue weighted by Crippen LogP contribution is 2.46. The van der Waals surface area contributed by atoms with Crippen LogP contribution < -0.4 is 0 Å². The van der Waals surface area contributed by atoms with Crippen LogP contribution in [0.1, 0.15) is 58.3 Å². The molecule has 0 aromatic heterocycles. The molecule has 2 aliphatic rings. The molecule has 24 heavy (non-hydrogen) atoms. The third kappa shape index (κ3) is 6.08. The summed E-state index contributed by atoms with van der Waals surface area (Å²) in [4.78, 5) is 10.5. The molecule has 2 fully saturated rings. The number of aliphatic carboxylic acids is 1. The molecule has 5 atom stereocenters. The van der Waals surface area contributed by atoms with E-state index in [0.29, 0.717) is 24.0 Å². The fourth-order valence-corrected chi connectivity index (χ4v) is 4.86. The number of ether oxygens (including phenoxy) is 1. The van der Waals surface area contributed by atoms with Crippen LogP contribution in [-0.2, 0) is 9.53 Å². The molecule has 2 heterocycles. The molecule has 2 bridgehead atoms. The van der Waals surface area contributed by atoms with E-state index in [9.17, 15) is 9.90 Å². The van der Waals surface area contributed by atoms with E-state index in [2.05, 4.69) is 13.0 Å². The van der Waals surface area contributed by atoms with E-state index in [1.807, 2.05) is 17.8 Å². The lowest BCUT2D eigenvalue weighted by molar-refractivity contribution is -0.137. The fraction of sp³-hybridized carbons (Fsp3) is 0.842. The third-order valence-electron chi connectivity index (χ3n) is 5.17. The molecule has 5 heteroatoms.